The highest BCUT2D eigenvalue weighted by atomic mass is 19.1. The van der Waals surface area contributed by atoms with Crippen LogP contribution < -0.4 is 9.80 Å². The van der Waals surface area contributed by atoms with E-state index in [9.17, 15) is 19.1 Å². The molecule has 2 aliphatic rings. The van der Waals surface area contributed by atoms with E-state index in [0.717, 1.165) is 37.8 Å². The Bertz CT molecular complexity index is 943. The highest BCUT2D eigenvalue weighted by molar-refractivity contribution is 5.96. The van der Waals surface area contributed by atoms with Crippen LogP contribution in [0.25, 0.3) is 0 Å². The molecule has 4 rings (SSSR count). The minimum atomic E-state index is -0.960. The monoisotopic (exact) mass is 411 g/mol. The van der Waals surface area contributed by atoms with Crippen molar-refractivity contribution in [3.8, 4) is 5.75 Å². The maximum atomic E-state index is 13.9. The third-order valence-corrected chi connectivity index (χ3v) is 5.92. The number of benzene rings is 2. The van der Waals surface area contributed by atoms with Crippen LogP contribution in [0.2, 0.25) is 0 Å². The van der Waals surface area contributed by atoms with Gasteiger partial charge < -0.3 is 19.8 Å². The lowest BCUT2D eigenvalue weighted by Gasteiger charge is -2.26. The Morgan fingerprint density at radius 2 is 1.57 bits per heavy atom. The number of halogens is 1. The number of rotatable bonds is 4. The molecule has 158 valence electrons. The first-order chi connectivity index (χ1) is 14.6. The van der Waals surface area contributed by atoms with Crippen molar-refractivity contribution in [3.63, 3.8) is 0 Å². The van der Waals surface area contributed by atoms with E-state index in [2.05, 4.69) is 34.1 Å². The van der Waals surface area contributed by atoms with Gasteiger partial charge in [0.1, 0.15) is 0 Å². The molecule has 0 unspecified atom stereocenters. The lowest BCUT2D eigenvalue weighted by Crippen LogP contribution is -2.35. The highest BCUT2D eigenvalue weighted by Crippen LogP contribution is 2.27. The van der Waals surface area contributed by atoms with E-state index < -0.39 is 11.6 Å². The SMILES string of the molecule is O=Cc1cc(C(=O)N2CCCN(c3cccc(N4CCCC4)c3)CC2)cc(F)c1O. The summed E-state index contributed by atoms with van der Waals surface area (Å²) in [6, 6.07) is 10.8. The Hall–Kier alpha value is -3.09. The van der Waals surface area contributed by atoms with Gasteiger partial charge in [-0.3, -0.25) is 9.59 Å². The molecule has 0 aliphatic carbocycles. The molecule has 2 saturated heterocycles. The summed E-state index contributed by atoms with van der Waals surface area (Å²) >= 11 is 0. The molecule has 0 radical (unpaired) electrons. The Balaban J connectivity index is 1.47. The number of phenols is 1. The minimum absolute atomic E-state index is 0.0804. The van der Waals surface area contributed by atoms with Crippen molar-refractivity contribution in [3.05, 3.63) is 53.3 Å². The molecule has 2 aliphatic heterocycles. The van der Waals surface area contributed by atoms with Crippen LogP contribution in [-0.2, 0) is 0 Å². The topological polar surface area (TPSA) is 64.1 Å². The second-order valence-corrected chi connectivity index (χ2v) is 7.86. The van der Waals surface area contributed by atoms with Gasteiger partial charge in [0.25, 0.3) is 5.91 Å². The van der Waals surface area contributed by atoms with Crippen molar-refractivity contribution in [1.82, 2.24) is 4.90 Å². The molecule has 1 amide bonds. The van der Waals surface area contributed by atoms with E-state index in [1.54, 1.807) is 4.90 Å². The number of aromatic hydroxyl groups is 1. The van der Waals surface area contributed by atoms with E-state index in [-0.39, 0.29) is 17.0 Å². The first-order valence-electron chi connectivity index (χ1n) is 10.4. The second-order valence-electron chi connectivity index (χ2n) is 7.86. The Labute approximate surface area is 175 Å². The molecule has 0 bridgehead atoms. The zero-order chi connectivity index (χ0) is 21.1. The van der Waals surface area contributed by atoms with Crippen LogP contribution >= 0.6 is 0 Å². The number of hydrogen-bond donors (Lipinski definition) is 1. The molecule has 30 heavy (non-hydrogen) atoms. The lowest BCUT2D eigenvalue weighted by molar-refractivity contribution is 0.0766. The first kappa shape index (κ1) is 20.2. The molecule has 7 heteroatoms. The minimum Gasteiger partial charge on any atom is -0.504 e. The molecule has 0 spiro atoms. The van der Waals surface area contributed by atoms with Gasteiger partial charge in [0.15, 0.2) is 17.9 Å². The summed E-state index contributed by atoms with van der Waals surface area (Å²) in [5.74, 6) is -2.01. The molecule has 0 atom stereocenters. The second kappa shape index (κ2) is 8.73. The van der Waals surface area contributed by atoms with Crippen LogP contribution in [0.5, 0.6) is 5.75 Å². The fraction of sp³-hybridized carbons (Fsp3) is 0.391. The van der Waals surface area contributed by atoms with Crippen LogP contribution in [0.1, 0.15) is 40.0 Å². The highest BCUT2D eigenvalue weighted by Gasteiger charge is 2.23. The van der Waals surface area contributed by atoms with E-state index in [0.29, 0.717) is 25.9 Å². The summed E-state index contributed by atoms with van der Waals surface area (Å²) in [7, 11) is 0. The number of aldehydes is 1. The van der Waals surface area contributed by atoms with Gasteiger partial charge in [-0.2, -0.15) is 0 Å². The molecular formula is C23H26FN3O3. The fourth-order valence-corrected chi connectivity index (χ4v) is 4.26. The lowest BCUT2D eigenvalue weighted by atomic mass is 10.1. The Kier molecular flexibility index (Phi) is 5.88. The molecular weight excluding hydrogens is 385 g/mol. The van der Waals surface area contributed by atoms with Crippen LogP contribution in [0, 0.1) is 5.82 Å². The van der Waals surface area contributed by atoms with E-state index in [4.69, 9.17) is 0 Å². The molecule has 1 N–H and O–H groups in total. The van der Waals surface area contributed by atoms with Crippen LogP contribution in [0.4, 0.5) is 15.8 Å². The number of nitrogens with zero attached hydrogens (tertiary/aromatic N) is 3. The van der Waals surface area contributed by atoms with Gasteiger partial charge in [-0.05, 0) is 49.6 Å². The van der Waals surface area contributed by atoms with Crippen molar-refractivity contribution >= 4 is 23.6 Å². The summed E-state index contributed by atoms with van der Waals surface area (Å²) in [6.45, 7) is 4.76. The zero-order valence-corrected chi connectivity index (χ0v) is 16.9. The quantitative estimate of drug-likeness (QED) is 0.783. The van der Waals surface area contributed by atoms with Gasteiger partial charge >= 0.3 is 0 Å². The van der Waals surface area contributed by atoms with Gasteiger partial charge in [-0.1, -0.05) is 6.07 Å². The largest absolute Gasteiger partial charge is 0.504 e. The third kappa shape index (κ3) is 4.10. The Morgan fingerprint density at radius 3 is 2.27 bits per heavy atom. The average Bonchev–Trinajstić information content (AvgIpc) is 3.20. The molecule has 2 aromatic rings. The van der Waals surface area contributed by atoms with Gasteiger partial charge in [0.2, 0.25) is 0 Å². The number of carbonyl (C=O) groups excluding carboxylic acids is 2. The summed E-state index contributed by atoms with van der Waals surface area (Å²) in [6.07, 6.45) is 3.61. The summed E-state index contributed by atoms with van der Waals surface area (Å²) in [5, 5.41) is 9.58. The molecule has 2 fully saturated rings. The van der Waals surface area contributed by atoms with Crippen molar-refractivity contribution in [2.75, 3.05) is 49.1 Å². The van der Waals surface area contributed by atoms with Gasteiger partial charge in [-0.25, -0.2) is 4.39 Å². The van der Waals surface area contributed by atoms with Gasteiger partial charge in [0.05, 0.1) is 5.56 Å². The molecule has 2 aromatic carbocycles. The maximum absolute atomic E-state index is 13.9. The van der Waals surface area contributed by atoms with Crippen molar-refractivity contribution in [2.45, 2.75) is 19.3 Å². The van der Waals surface area contributed by atoms with Crippen molar-refractivity contribution in [1.29, 1.82) is 0 Å². The van der Waals surface area contributed by atoms with E-state index in [1.165, 1.54) is 24.6 Å². The zero-order valence-electron chi connectivity index (χ0n) is 16.9. The maximum Gasteiger partial charge on any atom is 0.254 e. The number of amides is 1. The number of hydrogen-bond acceptors (Lipinski definition) is 5. The fourth-order valence-electron chi connectivity index (χ4n) is 4.26. The standard InChI is InChI=1S/C23H26FN3O3/c24-21-14-17(13-18(16-28)22(21)29)23(30)27-10-4-9-26(11-12-27)20-6-3-5-19(15-20)25-7-1-2-8-25/h3,5-6,13-16,29H,1-2,4,7-12H2. The number of carbonyl (C=O) groups is 2. The number of anilines is 2. The molecule has 2 heterocycles. The average molecular weight is 411 g/mol. The summed E-state index contributed by atoms with van der Waals surface area (Å²) in [5.41, 5.74) is 2.25. The van der Waals surface area contributed by atoms with Crippen LogP contribution in [-0.4, -0.2) is 61.5 Å². The van der Waals surface area contributed by atoms with E-state index in [1.807, 2.05) is 0 Å². The smallest absolute Gasteiger partial charge is 0.254 e. The predicted molar refractivity (Wildman–Crippen MR) is 114 cm³/mol. The molecule has 0 saturated carbocycles. The third-order valence-electron chi connectivity index (χ3n) is 5.92. The summed E-state index contributed by atoms with van der Waals surface area (Å²) < 4.78 is 13.9. The van der Waals surface area contributed by atoms with E-state index >= 15 is 0 Å². The predicted octanol–water partition coefficient (Wildman–Crippen LogP) is 3.30. The van der Waals surface area contributed by atoms with Gasteiger partial charge in [0, 0.05) is 56.2 Å². The Morgan fingerprint density at radius 1 is 0.900 bits per heavy atom. The summed E-state index contributed by atoms with van der Waals surface area (Å²) in [4.78, 5) is 30.3. The van der Waals surface area contributed by atoms with Crippen molar-refractivity contribution < 1.29 is 19.1 Å². The van der Waals surface area contributed by atoms with Crippen LogP contribution in [0.3, 0.4) is 0 Å². The normalized spacial score (nSPS) is 17.2. The van der Waals surface area contributed by atoms with Crippen LogP contribution in [0.15, 0.2) is 36.4 Å². The van der Waals surface area contributed by atoms with Crippen molar-refractivity contribution in [2.24, 2.45) is 0 Å². The molecule has 6 nitrogen and oxygen atoms in total. The number of phenolic OH excluding ortho intramolecular Hbond substituents is 1. The molecule has 0 aromatic heterocycles. The first-order valence-corrected chi connectivity index (χ1v) is 10.4. The van der Waals surface area contributed by atoms with Gasteiger partial charge in [-0.15, -0.1) is 0 Å².